The second kappa shape index (κ2) is 9.76. The fourth-order valence-electron chi connectivity index (χ4n) is 3.27. The number of ether oxygens (including phenoxy) is 1. The lowest BCUT2D eigenvalue weighted by Crippen LogP contribution is -2.23. The number of carbonyl (C=O) groups is 1. The van der Waals surface area contributed by atoms with Crippen molar-refractivity contribution in [2.24, 2.45) is 0 Å². The monoisotopic (exact) mass is 411 g/mol. The van der Waals surface area contributed by atoms with E-state index in [0.29, 0.717) is 19.6 Å². The smallest absolute Gasteiger partial charge is 0.244 e. The Kier molecular flexibility index (Phi) is 6.43. The van der Waals surface area contributed by atoms with Crippen LogP contribution >= 0.6 is 0 Å². The average molecular weight is 412 g/mol. The summed E-state index contributed by atoms with van der Waals surface area (Å²) in [4.78, 5) is 16.7. The van der Waals surface area contributed by atoms with Crippen LogP contribution in [0.25, 0.3) is 11.7 Å². The Morgan fingerprint density at radius 1 is 1.06 bits per heavy atom. The van der Waals surface area contributed by atoms with Crippen LogP contribution in [0.1, 0.15) is 22.4 Å². The summed E-state index contributed by atoms with van der Waals surface area (Å²) in [6.45, 7) is 3.10. The number of hydrogen-bond donors (Lipinski definition) is 1. The maximum absolute atomic E-state index is 12.2. The first kappa shape index (κ1) is 20.4. The van der Waals surface area contributed by atoms with Gasteiger partial charge >= 0.3 is 0 Å². The SMILES string of the molecule is Cc1ccc2nc(CCNC(=O)/C=C/c3cccc(OCc4ccccc4)c3)cn2c1. The zero-order valence-corrected chi connectivity index (χ0v) is 17.5. The van der Waals surface area contributed by atoms with Gasteiger partial charge in [-0.05, 0) is 47.9 Å². The molecule has 5 heteroatoms. The van der Waals surface area contributed by atoms with Crippen molar-refractivity contribution in [1.29, 1.82) is 0 Å². The van der Waals surface area contributed by atoms with Gasteiger partial charge in [-0.25, -0.2) is 4.98 Å². The quantitative estimate of drug-likeness (QED) is 0.431. The predicted octanol–water partition coefficient (Wildman–Crippen LogP) is 4.59. The molecule has 0 saturated heterocycles. The lowest BCUT2D eigenvalue weighted by molar-refractivity contribution is -0.116. The average Bonchev–Trinajstić information content (AvgIpc) is 3.19. The number of imidazole rings is 1. The van der Waals surface area contributed by atoms with Crippen molar-refractivity contribution in [2.45, 2.75) is 20.0 Å². The van der Waals surface area contributed by atoms with Gasteiger partial charge in [-0.1, -0.05) is 48.5 Å². The molecule has 1 amide bonds. The first-order valence-corrected chi connectivity index (χ1v) is 10.3. The summed E-state index contributed by atoms with van der Waals surface area (Å²) in [6.07, 6.45) is 8.07. The molecule has 0 spiro atoms. The molecule has 0 saturated carbocycles. The lowest BCUT2D eigenvalue weighted by Gasteiger charge is -2.07. The second-order valence-corrected chi connectivity index (χ2v) is 7.43. The number of rotatable bonds is 8. The number of nitrogens with one attached hydrogen (secondary N) is 1. The van der Waals surface area contributed by atoms with Crippen molar-refractivity contribution in [3.8, 4) is 5.75 Å². The van der Waals surface area contributed by atoms with Crippen molar-refractivity contribution in [1.82, 2.24) is 14.7 Å². The normalized spacial score (nSPS) is 11.1. The van der Waals surface area contributed by atoms with Gasteiger partial charge in [0.2, 0.25) is 5.91 Å². The first-order chi connectivity index (χ1) is 15.2. The van der Waals surface area contributed by atoms with E-state index in [1.807, 2.05) is 83.5 Å². The zero-order chi connectivity index (χ0) is 21.5. The van der Waals surface area contributed by atoms with Crippen LogP contribution in [0.15, 0.2) is 85.2 Å². The standard InChI is InChI=1S/C26H25N3O2/c1-20-10-12-25-28-23(18-29(25)17-20)14-15-27-26(30)13-11-21-8-5-9-24(16-21)31-19-22-6-3-2-4-7-22/h2-13,16-18H,14-15,19H2,1H3,(H,27,30)/b13-11+. The minimum atomic E-state index is -0.129. The minimum absolute atomic E-state index is 0.129. The number of amides is 1. The third kappa shape index (κ3) is 5.82. The zero-order valence-electron chi connectivity index (χ0n) is 17.5. The van der Waals surface area contributed by atoms with Crippen LogP contribution in [-0.2, 0) is 17.8 Å². The van der Waals surface area contributed by atoms with Gasteiger partial charge in [0.1, 0.15) is 18.0 Å². The van der Waals surface area contributed by atoms with E-state index in [1.165, 1.54) is 5.56 Å². The molecule has 0 radical (unpaired) electrons. The number of carbonyl (C=O) groups excluding carboxylic acids is 1. The molecule has 5 nitrogen and oxygen atoms in total. The number of pyridine rings is 1. The largest absolute Gasteiger partial charge is 0.489 e. The van der Waals surface area contributed by atoms with Crippen molar-refractivity contribution >= 4 is 17.6 Å². The number of nitrogens with zero attached hydrogens (tertiary/aromatic N) is 2. The van der Waals surface area contributed by atoms with Gasteiger partial charge in [-0.2, -0.15) is 0 Å². The highest BCUT2D eigenvalue weighted by atomic mass is 16.5. The third-order valence-corrected chi connectivity index (χ3v) is 4.86. The summed E-state index contributed by atoms with van der Waals surface area (Å²) >= 11 is 0. The molecule has 0 atom stereocenters. The molecule has 2 aromatic heterocycles. The molecular formula is C26H25N3O2. The Labute approximate surface area is 182 Å². The van der Waals surface area contributed by atoms with Gasteiger partial charge < -0.3 is 14.5 Å². The van der Waals surface area contributed by atoms with Gasteiger partial charge in [0.05, 0.1) is 5.69 Å². The third-order valence-electron chi connectivity index (χ3n) is 4.86. The molecule has 0 unspecified atom stereocenters. The second-order valence-electron chi connectivity index (χ2n) is 7.43. The molecular weight excluding hydrogens is 386 g/mol. The van der Waals surface area contributed by atoms with Crippen LogP contribution in [0.3, 0.4) is 0 Å². The highest BCUT2D eigenvalue weighted by Gasteiger charge is 2.03. The summed E-state index contributed by atoms with van der Waals surface area (Å²) < 4.78 is 7.86. The van der Waals surface area contributed by atoms with Crippen LogP contribution < -0.4 is 10.1 Å². The Balaban J connectivity index is 1.26. The molecule has 0 aliphatic heterocycles. The van der Waals surface area contributed by atoms with Crippen LogP contribution in [0, 0.1) is 6.92 Å². The maximum Gasteiger partial charge on any atom is 0.244 e. The van der Waals surface area contributed by atoms with Gasteiger partial charge in [-0.15, -0.1) is 0 Å². The fourth-order valence-corrected chi connectivity index (χ4v) is 3.27. The summed E-state index contributed by atoms with van der Waals surface area (Å²) in [5, 5.41) is 2.91. The molecule has 2 heterocycles. The van der Waals surface area contributed by atoms with Gasteiger partial charge in [0.25, 0.3) is 0 Å². The van der Waals surface area contributed by atoms with E-state index in [0.717, 1.165) is 28.2 Å². The molecule has 1 N–H and O–H groups in total. The highest BCUT2D eigenvalue weighted by Crippen LogP contribution is 2.16. The topological polar surface area (TPSA) is 55.6 Å². The number of benzene rings is 2. The van der Waals surface area contributed by atoms with E-state index in [9.17, 15) is 4.79 Å². The molecule has 0 bridgehead atoms. The van der Waals surface area contributed by atoms with Crippen molar-refractivity contribution in [3.63, 3.8) is 0 Å². The first-order valence-electron chi connectivity index (χ1n) is 10.3. The van der Waals surface area contributed by atoms with Crippen LogP contribution in [0.2, 0.25) is 0 Å². The molecule has 4 aromatic rings. The number of aromatic nitrogens is 2. The van der Waals surface area contributed by atoms with E-state index >= 15 is 0 Å². The Morgan fingerprint density at radius 3 is 2.81 bits per heavy atom. The summed E-state index contributed by atoms with van der Waals surface area (Å²) in [6, 6.07) is 21.8. The van der Waals surface area contributed by atoms with Gasteiger partial charge in [0, 0.05) is 31.4 Å². The Morgan fingerprint density at radius 2 is 1.94 bits per heavy atom. The van der Waals surface area contributed by atoms with E-state index < -0.39 is 0 Å². The van der Waals surface area contributed by atoms with Gasteiger partial charge in [0.15, 0.2) is 0 Å². The molecule has 156 valence electrons. The highest BCUT2D eigenvalue weighted by molar-refractivity contribution is 5.91. The van der Waals surface area contributed by atoms with E-state index in [4.69, 9.17) is 4.74 Å². The predicted molar refractivity (Wildman–Crippen MR) is 123 cm³/mol. The maximum atomic E-state index is 12.2. The summed E-state index contributed by atoms with van der Waals surface area (Å²) in [5.41, 5.74) is 5.09. The number of aryl methyl sites for hydroxylation is 1. The lowest BCUT2D eigenvalue weighted by atomic mass is 10.2. The van der Waals surface area contributed by atoms with Crippen molar-refractivity contribution in [3.05, 3.63) is 108 Å². The number of hydrogen-bond acceptors (Lipinski definition) is 3. The fraction of sp³-hybridized carbons (Fsp3) is 0.154. The molecule has 0 fully saturated rings. The van der Waals surface area contributed by atoms with Crippen LogP contribution in [0.4, 0.5) is 0 Å². The van der Waals surface area contributed by atoms with E-state index in [-0.39, 0.29) is 5.91 Å². The van der Waals surface area contributed by atoms with Crippen molar-refractivity contribution < 1.29 is 9.53 Å². The molecule has 4 rings (SSSR count). The Hall–Kier alpha value is -3.86. The van der Waals surface area contributed by atoms with Gasteiger partial charge in [-0.3, -0.25) is 4.79 Å². The molecule has 2 aromatic carbocycles. The summed E-state index contributed by atoms with van der Waals surface area (Å²) in [5.74, 6) is 0.642. The van der Waals surface area contributed by atoms with Crippen LogP contribution in [0.5, 0.6) is 5.75 Å². The van der Waals surface area contributed by atoms with E-state index in [1.54, 1.807) is 12.2 Å². The minimum Gasteiger partial charge on any atom is -0.489 e. The number of fused-ring (bicyclic) bond motifs is 1. The molecule has 0 aliphatic carbocycles. The molecule has 31 heavy (non-hydrogen) atoms. The molecule has 0 aliphatic rings. The van der Waals surface area contributed by atoms with Crippen molar-refractivity contribution in [2.75, 3.05) is 6.54 Å². The van der Waals surface area contributed by atoms with E-state index in [2.05, 4.69) is 17.2 Å². The summed E-state index contributed by atoms with van der Waals surface area (Å²) in [7, 11) is 0. The van der Waals surface area contributed by atoms with Crippen LogP contribution in [-0.4, -0.2) is 21.8 Å². The Bertz CT molecular complexity index is 1200.